The Morgan fingerprint density at radius 1 is 0.264 bits per heavy atom. The van der Waals surface area contributed by atoms with Gasteiger partial charge in [0, 0.05) is 25.7 Å². The maximum atomic E-state index is 13.1. The first-order valence-electron chi connectivity index (χ1n) is 42.0. The highest BCUT2D eigenvalue weighted by Crippen LogP contribution is 2.45. The molecule has 0 rings (SSSR count). The number of rotatable bonds is 77. The second-order valence-electron chi connectivity index (χ2n) is 27.3. The van der Waals surface area contributed by atoms with Crippen LogP contribution in [0.25, 0.3) is 0 Å². The first-order valence-corrected chi connectivity index (χ1v) is 45.0. The number of esters is 4. The quantitative estimate of drug-likeness (QED) is 0.0169. The van der Waals surface area contributed by atoms with Gasteiger partial charge in [-0.3, -0.25) is 37.3 Å². The normalized spacial score (nSPS) is 14.7. The molecule has 0 aromatic carbocycles. The van der Waals surface area contributed by atoms with Crippen molar-refractivity contribution >= 4 is 39.5 Å². The van der Waals surface area contributed by atoms with Gasteiger partial charge < -0.3 is 33.8 Å². The molecule has 0 saturated carbocycles. The van der Waals surface area contributed by atoms with Crippen molar-refractivity contribution in [2.45, 2.75) is 329 Å². The second-order valence-corrected chi connectivity index (χ2v) is 30.2. The average molecular weight is 1580 g/mol. The minimum Gasteiger partial charge on any atom is -0.462 e. The molecule has 0 spiro atoms. The third-order valence-corrected chi connectivity index (χ3v) is 18.7. The molecule has 110 heavy (non-hydrogen) atoms. The minimum absolute atomic E-state index is 0.0476. The van der Waals surface area contributed by atoms with E-state index in [2.05, 4.69) is 198 Å². The zero-order valence-corrected chi connectivity index (χ0v) is 70.1. The Labute approximate surface area is 666 Å². The van der Waals surface area contributed by atoms with Crippen molar-refractivity contribution in [2.75, 3.05) is 39.6 Å². The van der Waals surface area contributed by atoms with Gasteiger partial charge >= 0.3 is 39.5 Å². The van der Waals surface area contributed by atoms with E-state index in [0.29, 0.717) is 32.1 Å². The van der Waals surface area contributed by atoms with Crippen LogP contribution >= 0.6 is 15.6 Å². The molecule has 0 radical (unpaired) electrons. The molecular weight excluding hydrogens is 1430 g/mol. The number of aliphatic hydroxyl groups excluding tert-OH is 1. The molecule has 0 amide bonds. The van der Waals surface area contributed by atoms with Crippen molar-refractivity contribution in [3.8, 4) is 0 Å². The van der Waals surface area contributed by atoms with E-state index in [9.17, 15) is 43.2 Å². The van der Waals surface area contributed by atoms with Gasteiger partial charge in [0.05, 0.1) is 26.4 Å². The maximum absolute atomic E-state index is 13.1. The lowest BCUT2D eigenvalue weighted by Crippen LogP contribution is -2.30. The summed E-state index contributed by atoms with van der Waals surface area (Å²) in [7, 11) is -10.0. The number of phosphoric ester groups is 2. The molecule has 0 aliphatic rings. The lowest BCUT2D eigenvalue weighted by molar-refractivity contribution is -0.161. The van der Waals surface area contributed by atoms with Crippen molar-refractivity contribution in [1.82, 2.24) is 0 Å². The SMILES string of the molecule is CC/C=C\C/C=C\C/C=C\C/C=C\C/C=C\CCCC(=O)OCC(COP(=O)(O)OCC(O)COP(=O)(O)OCC(COC(=O)CCCCCCCC/C=C\C/C=C\C/C=C\CCCCC)OC(=O)CCCCCCCCC/C=C\C/C=C\C/C=C\CC)OC(=O)CCCCCC/C=C\C/C=C\C/C=C\C/C=C\CC. The number of phosphoric acid groups is 2. The molecule has 5 atom stereocenters. The number of carbonyl (C=O) groups is 4. The lowest BCUT2D eigenvalue weighted by atomic mass is 10.1. The zero-order valence-electron chi connectivity index (χ0n) is 68.4. The van der Waals surface area contributed by atoms with E-state index < -0.39 is 97.5 Å². The Morgan fingerprint density at radius 3 is 0.764 bits per heavy atom. The van der Waals surface area contributed by atoms with Crippen molar-refractivity contribution in [3.63, 3.8) is 0 Å². The number of allylic oxidation sites excluding steroid dienone is 30. The van der Waals surface area contributed by atoms with Crippen LogP contribution in [-0.4, -0.2) is 96.7 Å². The summed E-state index contributed by atoms with van der Waals surface area (Å²) >= 11 is 0. The average Bonchev–Trinajstić information content (AvgIpc) is 0.904. The van der Waals surface area contributed by atoms with E-state index in [1.165, 1.54) is 19.3 Å². The molecule has 624 valence electrons. The van der Waals surface area contributed by atoms with Crippen LogP contribution in [0.2, 0.25) is 0 Å². The van der Waals surface area contributed by atoms with E-state index in [4.69, 9.17) is 37.0 Å². The van der Waals surface area contributed by atoms with Crippen molar-refractivity contribution in [2.24, 2.45) is 0 Å². The van der Waals surface area contributed by atoms with E-state index in [1.807, 2.05) is 12.2 Å². The zero-order chi connectivity index (χ0) is 80.3. The fraction of sp³-hybridized carbons (Fsp3) is 0.626. The Hall–Kier alpha value is -5.84. The molecule has 0 aliphatic carbocycles. The van der Waals surface area contributed by atoms with Crippen molar-refractivity contribution in [1.29, 1.82) is 0 Å². The highest BCUT2D eigenvalue weighted by molar-refractivity contribution is 7.47. The molecule has 17 nitrogen and oxygen atoms in total. The topological polar surface area (TPSA) is 237 Å². The Bertz CT molecular complexity index is 2800. The van der Waals surface area contributed by atoms with Gasteiger partial charge in [-0.1, -0.05) is 293 Å². The maximum Gasteiger partial charge on any atom is 0.472 e. The molecule has 0 saturated heterocycles. The number of hydrogen-bond acceptors (Lipinski definition) is 15. The molecule has 0 heterocycles. The third kappa shape index (κ3) is 80.2. The first-order chi connectivity index (χ1) is 53.7. The lowest BCUT2D eigenvalue weighted by Gasteiger charge is -2.21. The molecule has 0 fully saturated rings. The summed E-state index contributed by atoms with van der Waals surface area (Å²) in [4.78, 5) is 73.2. The number of carbonyl (C=O) groups excluding carboxylic acids is 4. The highest BCUT2D eigenvalue weighted by Gasteiger charge is 2.30. The molecule has 0 aromatic rings. The molecule has 0 aromatic heterocycles. The van der Waals surface area contributed by atoms with E-state index >= 15 is 0 Å². The highest BCUT2D eigenvalue weighted by atomic mass is 31.2. The Morgan fingerprint density at radius 2 is 0.482 bits per heavy atom. The van der Waals surface area contributed by atoms with Gasteiger partial charge in [0.1, 0.15) is 19.3 Å². The van der Waals surface area contributed by atoms with Crippen LogP contribution in [0.5, 0.6) is 0 Å². The number of hydrogen-bond donors (Lipinski definition) is 3. The van der Waals surface area contributed by atoms with Crippen molar-refractivity contribution in [3.05, 3.63) is 182 Å². The number of ether oxygens (including phenoxy) is 4. The van der Waals surface area contributed by atoms with Crippen molar-refractivity contribution < 1.29 is 80.2 Å². The smallest absolute Gasteiger partial charge is 0.462 e. The van der Waals surface area contributed by atoms with Crippen LogP contribution in [0, 0.1) is 0 Å². The van der Waals surface area contributed by atoms with Gasteiger partial charge in [-0.2, -0.15) is 0 Å². The summed E-state index contributed by atoms with van der Waals surface area (Å²) in [6.07, 6.45) is 98.6. The molecule has 5 unspecified atom stereocenters. The summed E-state index contributed by atoms with van der Waals surface area (Å²) in [6.45, 7) is 4.40. The Balaban J connectivity index is 5.49. The Kier molecular flexibility index (Phi) is 76.9. The van der Waals surface area contributed by atoms with Crippen LogP contribution in [0.4, 0.5) is 0 Å². The summed E-state index contributed by atoms with van der Waals surface area (Å²) in [6, 6.07) is 0. The molecule has 3 N–H and O–H groups in total. The van der Waals surface area contributed by atoms with Gasteiger partial charge in [0.2, 0.25) is 0 Å². The third-order valence-electron chi connectivity index (χ3n) is 16.8. The second kappa shape index (κ2) is 81.2. The van der Waals surface area contributed by atoms with Crippen LogP contribution in [0.1, 0.15) is 310 Å². The fourth-order valence-electron chi connectivity index (χ4n) is 10.6. The van der Waals surface area contributed by atoms with Gasteiger partial charge in [0.25, 0.3) is 0 Å². The van der Waals surface area contributed by atoms with Gasteiger partial charge in [-0.15, -0.1) is 0 Å². The van der Waals surface area contributed by atoms with Crippen LogP contribution in [0.3, 0.4) is 0 Å². The summed E-state index contributed by atoms with van der Waals surface area (Å²) in [5.74, 6) is -2.30. The molecule has 19 heteroatoms. The van der Waals surface area contributed by atoms with Crippen LogP contribution < -0.4 is 0 Å². The van der Waals surface area contributed by atoms with Gasteiger partial charge in [0.15, 0.2) is 12.2 Å². The monoisotopic (exact) mass is 1580 g/mol. The van der Waals surface area contributed by atoms with E-state index in [-0.39, 0.29) is 25.7 Å². The number of unbranched alkanes of at least 4 members (excludes halogenated alkanes) is 21. The number of aliphatic hydroxyl groups is 1. The van der Waals surface area contributed by atoms with Crippen LogP contribution in [-0.2, 0) is 65.4 Å². The summed E-state index contributed by atoms with van der Waals surface area (Å²) in [5, 5.41) is 10.7. The predicted molar refractivity (Wildman–Crippen MR) is 454 cm³/mol. The molecular formula is C91H148O17P2. The van der Waals surface area contributed by atoms with E-state index in [0.717, 1.165) is 205 Å². The first kappa shape index (κ1) is 104. The summed E-state index contributed by atoms with van der Waals surface area (Å²) < 4.78 is 68.7. The summed E-state index contributed by atoms with van der Waals surface area (Å²) in [5.41, 5.74) is 0. The minimum atomic E-state index is -5.01. The molecule has 0 bridgehead atoms. The van der Waals surface area contributed by atoms with Gasteiger partial charge in [-0.25, -0.2) is 9.13 Å². The van der Waals surface area contributed by atoms with Gasteiger partial charge in [-0.05, 0) is 173 Å². The largest absolute Gasteiger partial charge is 0.472 e. The standard InChI is InChI=1S/C91H148O17P2/c1-5-9-13-17-21-25-29-33-37-41-42-46-48-52-56-60-64-68-72-76-89(94)102-82-87(108-91(96)78-74-70-66-62-58-54-50-45-40-36-32-28-24-20-16-12-8-4)84-106-110(99,100)104-80-85(92)79-103-109(97,98)105-83-86(107-90(95)77-73-69-65-61-57-53-49-44-39-35-31-27-23-19-15-11-7-3)81-101-88(93)75-71-67-63-59-55-51-47-43-38-34-30-26-22-18-14-10-6-2/h10-12,14-16,21-28,33-40,42,46-47,49,51,53,59,63,85-87,92H,5-9,13,17-20,29-32,41,43-45,48,50,52,54-58,60-62,64-84H2,1-4H3,(H,97,98)(H,99,100)/b14-10-,15-11-,16-12-,25-21-,26-22-,27-23-,28-24-,37-33-,38-34-,39-35-,40-36-,46-42-,51-47-,53-49-,63-59-. The van der Waals surface area contributed by atoms with E-state index in [1.54, 1.807) is 0 Å². The fourth-order valence-corrected chi connectivity index (χ4v) is 12.1. The van der Waals surface area contributed by atoms with Crippen LogP contribution in [0.15, 0.2) is 182 Å². The predicted octanol–water partition coefficient (Wildman–Crippen LogP) is 25.1. The molecule has 0 aliphatic heterocycles.